The minimum Gasteiger partial charge on any atom is -0.496 e. The van der Waals surface area contributed by atoms with Crippen LogP contribution in [0.4, 0.5) is 0 Å². The number of nitrogens with one attached hydrogen (secondary N) is 1. The van der Waals surface area contributed by atoms with Crippen LogP contribution in [0.3, 0.4) is 0 Å². The second kappa shape index (κ2) is 6.94. The molecule has 0 radical (unpaired) electrons. The van der Waals surface area contributed by atoms with Crippen molar-refractivity contribution < 1.29 is 19.0 Å². The fourth-order valence-corrected chi connectivity index (χ4v) is 2.35. The summed E-state index contributed by atoms with van der Waals surface area (Å²) in [7, 11) is 4.54. The molecule has 7 heteroatoms. The molecule has 6 nitrogen and oxygen atoms in total. The van der Waals surface area contributed by atoms with E-state index in [0.717, 1.165) is 5.01 Å². The van der Waals surface area contributed by atoms with Crippen molar-refractivity contribution in [2.45, 2.75) is 6.54 Å². The van der Waals surface area contributed by atoms with Crippen LogP contribution in [0, 0.1) is 0 Å². The van der Waals surface area contributed by atoms with Crippen molar-refractivity contribution in [3.8, 4) is 17.2 Å². The third-order valence-electron chi connectivity index (χ3n) is 2.83. The monoisotopic (exact) mass is 308 g/mol. The number of methoxy groups -OCH3 is 3. The van der Waals surface area contributed by atoms with Gasteiger partial charge in [-0.3, -0.25) is 4.79 Å². The lowest BCUT2D eigenvalue weighted by Crippen LogP contribution is -2.23. The van der Waals surface area contributed by atoms with Gasteiger partial charge in [-0.15, -0.1) is 11.3 Å². The standard InChI is InChI=1S/C14H16N2O4S/c1-18-10-7-12(20-3)11(19-2)6-9(10)14(17)16-8-13-15-4-5-21-13/h4-7H,8H2,1-3H3,(H,16,17). The topological polar surface area (TPSA) is 69.7 Å². The molecule has 0 aliphatic rings. The Bertz CT molecular complexity index is 614. The first-order valence-corrected chi connectivity index (χ1v) is 7.04. The average Bonchev–Trinajstić information content (AvgIpc) is 3.04. The lowest BCUT2D eigenvalue weighted by molar-refractivity contribution is 0.0947. The van der Waals surface area contributed by atoms with Crippen LogP contribution in [-0.2, 0) is 6.54 Å². The van der Waals surface area contributed by atoms with Gasteiger partial charge in [0.05, 0.1) is 33.4 Å². The van der Waals surface area contributed by atoms with E-state index in [1.807, 2.05) is 5.38 Å². The Hall–Kier alpha value is -2.28. The maximum atomic E-state index is 12.3. The van der Waals surface area contributed by atoms with E-state index in [1.54, 1.807) is 18.3 Å². The number of nitrogens with zero attached hydrogens (tertiary/aromatic N) is 1. The summed E-state index contributed by atoms with van der Waals surface area (Å²) in [5, 5.41) is 5.49. The van der Waals surface area contributed by atoms with Gasteiger partial charge in [0.15, 0.2) is 11.5 Å². The SMILES string of the molecule is COc1cc(OC)c(C(=O)NCc2nccs2)cc1OC. The molecular formula is C14H16N2O4S. The summed E-state index contributed by atoms with van der Waals surface area (Å²) in [4.78, 5) is 16.4. The van der Waals surface area contributed by atoms with E-state index in [2.05, 4.69) is 10.3 Å². The lowest BCUT2D eigenvalue weighted by atomic mass is 10.1. The normalized spacial score (nSPS) is 10.0. The van der Waals surface area contributed by atoms with Gasteiger partial charge in [-0.05, 0) is 0 Å². The number of carbonyl (C=O) groups is 1. The van der Waals surface area contributed by atoms with Crippen LogP contribution in [0.2, 0.25) is 0 Å². The van der Waals surface area contributed by atoms with Crippen molar-refractivity contribution >= 4 is 17.2 Å². The number of carbonyl (C=O) groups excluding carboxylic acids is 1. The molecule has 1 aromatic carbocycles. The van der Waals surface area contributed by atoms with Gasteiger partial charge in [0, 0.05) is 23.7 Å². The fourth-order valence-electron chi connectivity index (χ4n) is 1.80. The van der Waals surface area contributed by atoms with Gasteiger partial charge in [-0.2, -0.15) is 0 Å². The van der Waals surface area contributed by atoms with Crippen molar-refractivity contribution in [2.75, 3.05) is 21.3 Å². The zero-order valence-electron chi connectivity index (χ0n) is 12.0. The zero-order chi connectivity index (χ0) is 15.2. The fraction of sp³-hybridized carbons (Fsp3) is 0.286. The summed E-state index contributed by atoms with van der Waals surface area (Å²) in [5.74, 6) is 1.14. The first kappa shape index (κ1) is 15.1. The van der Waals surface area contributed by atoms with E-state index in [1.165, 1.54) is 32.7 Å². The third kappa shape index (κ3) is 3.43. The van der Waals surface area contributed by atoms with Gasteiger partial charge in [0.2, 0.25) is 0 Å². The highest BCUT2D eigenvalue weighted by atomic mass is 32.1. The van der Waals surface area contributed by atoms with Gasteiger partial charge in [0.25, 0.3) is 5.91 Å². The van der Waals surface area contributed by atoms with Crippen LogP contribution in [0.5, 0.6) is 17.2 Å². The summed E-state index contributed by atoms with van der Waals surface area (Å²) in [5.41, 5.74) is 0.381. The summed E-state index contributed by atoms with van der Waals surface area (Å²) in [6.45, 7) is 0.369. The van der Waals surface area contributed by atoms with E-state index >= 15 is 0 Å². The summed E-state index contributed by atoms with van der Waals surface area (Å²) in [6, 6.07) is 3.21. The minimum atomic E-state index is -0.261. The molecule has 1 N–H and O–H groups in total. The minimum absolute atomic E-state index is 0.261. The highest BCUT2D eigenvalue weighted by Crippen LogP contribution is 2.34. The molecule has 0 aliphatic heterocycles. The van der Waals surface area contributed by atoms with Crippen molar-refractivity contribution in [2.24, 2.45) is 0 Å². The van der Waals surface area contributed by atoms with Gasteiger partial charge >= 0.3 is 0 Å². The Morgan fingerprint density at radius 2 is 1.81 bits per heavy atom. The molecule has 1 aromatic heterocycles. The molecule has 0 atom stereocenters. The van der Waals surface area contributed by atoms with Gasteiger partial charge in [-0.1, -0.05) is 0 Å². The number of ether oxygens (including phenoxy) is 3. The lowest BCUT2D eigenvalue weighted by Gasteiger charge is -2.13. The molecule has 2 rings (SSSR count). The van der Waals surface area contributed by atoms with Crippen molar-refractivity contribution in [1.29, 1.82) is 0 Å². The van der Waals surface area contributed by atoms with Crippen LogP contribution >= 0.6 is 11.3 Å². The number of amides is 1. The number of thiazole rings is 1. The average molecular weight is 308 g/mol. The van der Waals surface area contributed by atoms with Crippen LogP contribution in [-0.4, -0.2) is 32.2 Å². The molecule has 2 aromatic rings. The Morgan fingerprint density at radius 1 is 1.14 bits per heavy atom. The molecule has 1 amide bonds. The Morgan fingerprint density at radius 3 is 2.38 bits per heavy atom. The first-order valence-electron chi connectivity index (χ1n) is 6.16. The largest absolute Gasteiger partial charge is 0.496 e. The summed E-state index contributed by atoms with van der Waals surface area (Å²) < 4.78 is 15.6. The molecule has 1 heterocycles. The molecule has 21 heavy (non-hydrogen) atoms. The number of benzene rings is 1. The van der Waals surface area contributed by atoms with Gasteiger partial charge in [-0.25, -0.2) is 4.98 Å². The molecule has 0 fully saturated rings. The van der Waals surface area contributed by atoms with Gasteiger partial charge in [0.1, 0.15) is 10.8 Å². The Balaban J connectivity index is 2.22. The van der Waals surface area contributed by atoms with E-state index in [0.29, 0.717) is 29.4 Å². The second-order valence-electron chi connectivity index (χ2n) is 4.02. The maximum absolute atomic E-state index is 12.3. The number of hydrogen-bond donors (Lipinski definition) is 1. The zero-order valence-corrected chi connectivity index (χ0v) is 12.8. The molecule has 112 valence electrons. The molecule has 0 bridgehead atoms. The molecule has 0 unspecified atom stereocenters. The van der Waals surface area contributed by atoms with Crippen molar-refractivity contribution in [3.05, 3.63) is 34.3 Å². The maximum Gasteiger partial charge on any atom is 0.255 e. The van der Waals surface area contributed by atoms with Crippen LogP contribution in [0.15, 0.2) is 23.7 Å². The van der Waals surface area contributed by atoms with Crippen molar-refractivity contribution in [3.63, 3.8) is 0 Å². The molecule has 0 saturated heterocycles. The second-order valence-corrected chi connectivity index (χ2v) is 5.00. The first-order chi connectivity index (χ1) is 10.2. The van der Waals surface area contributed by atoms with E-state index in [9.17, 15) is 4.79 Å². The summed E-state index contributed by atoms with van der Waals surface area (Å²) >= 11 is 1.48. The highest BCUT2D eigenvalue weighted by Gasteiger charge is 2.17. The smallest absolute Gasteiger partial charge is 0.255 e. The third-order valence-corrected chi connectivity index (χ3v) is 3.61. The van der Waals surface area contributed by atoms with Crippen LogP contribution < -0.4 is 19.5 Å². The molecule has 0 aliphatic carbocycles. The highest BCUT2D eigenvalue weighted by molar-refractivity contribution is 7.09. The number of rotatable bonds is 6. The van der Waals surface area contributed by atoms with Gasteiger partial charge < -0.3 is 19.5 Å². The van der Waals surface area contributed by atoms with Crippen LogP contribution in [0.1, 0.15) is 15.4 Å². The Labute approximate surface area is 126 Å². The van der Waals surface area contributed by atoms with E-state index in [4.69, 9.17) is 14.2 Å². The van der Waals surface area contributed by atoms with Crippen LogP contribution in [0.25, 0.3) is 0 Å². The van der Waals surface area contributed by atoms with Crippen molar-refractivity contribution in [1.82, 2.24) is 10.3 Å². The van der Waals surface area contributed by atoms with E-state index in [-0.39, 0.29) is 5.91 Å². The van der Waals surface area contributed by atoms with E-state index < -0.39 is 0 Å². The predicted octanol–water partition coefficient (Wildman–Crippen LogP) is 2.10. The molecule has 0 spiro atoms. The number of aromatic nitrogens is 1. The quantitative estimate of drug-likeness (QED) is 0.885. The molecular weight excluding hydrogens is 292 g/mol. The predicted molar refractivity (Wildman–Crippen MR) is 79.4 cm³/mol. The number of hydrogen-bond acceptors (Lipinski definition) is 6. The Kier molecular flexibility index (Phi) is 4.99. The summed E-state index contributed by atoms with van der Waals surface area (Å²) in [6.07, 6.45) is 1.70. The molecule has 0 saturated carbocycles.